The molecule has 0 bridgehead atoms. The summed E-state index contributed by atoms with van der Waals surface area (Å²) in [6, 6.07) is 6.09. The van der Waals surface area contributed by atoms with Gasteiger partial charge in [0.1, 0.15) is 16.3 Å². The molecule has 0 saturated carbocycles. The number of aliphatic hydroxyl groups excluding tert-OH is 1. The minimum atomic E-state index is -0.340. The van der Waals surface area contributed by atoms with Crippen LogP contribution in [0.1, 0.15) is 11.1 Å². The number of aliphatic imine (C=N–C) groups is 1. The Morgan fingerprint density at radius 1 is 1.31 bits per heavy atom. The minimum absolute atomic E-state index is 0.0739. The lowest BCUT2D eigenvalue weighted by Gasteiger charge is -2.25. The third-order valence-electron chi connectivity index (χ3n) is 5.08. The number of nitrogens with zero attached hydrogens (tertiary/aromatic N) is 2. The van der Waals surface area contributed by atoms with Crippen LogP contribution in [-0.4, -0.2) is 49.0 Å². The van der Waals surface area contributed by atoms with Gasteiger partial charge in [0.05, 0.1) is 37.2 Å². The molecule has 2 aromatic carbocycles. The number of hydrogen-bond acceptors (Lipinski definition) is 8. The average Bonchev–Trinajstić information content (AvgIpc) is 3.18. The number of hydrogen-bond donors (Lipinski definition) is 2. The number of anilines is 1. The van der Waals surface area contributed by atoms with E-state index in [9.17, 15) is 5.11 Å². The first-order valence-corrected chi connectivity index (χ1v) is 10.2. The van der Waals surface area contributed by atoms with E-state index in [1.165, 1.54) is 0 Å². The molecule has 2 aliphatic rings. The molecule has 0 saturated heterocycles. The molecule has 1 unspecified atom stereocenters. The van der Waals surface area contributed by atoms with Crippen LogP contribution in [0, 0.1) is 13.8 Å². The molecule has 150 valence electrons. The normalized spacial score (nSPS) is 17.5. The molecule has 7 nitrogen and oxygen atoms in total. The fourth-order valence-corrected chi connectivity index (χ4v) is 4.83. The van der Waals surface area contributed by atoms with Crippen LogP contribution in [0.15, 0.2) is 23.2 Å². The Balaban J connectivity index is 1.67. The van der Waals surface area contributed by atoms with Crippen LogP contribution >= 0.6 is 11.3 Å². The number of aryl methyl sites for hydroxylation is 2. The zero-order valence-corrected chi connectivity index (χ0v) is 17.2. The van der Waals surface area contributed by atoms with Crippen molar-refractivity contribution >= 4 is 38.8 Å². The highest BCUT2D eigenvalue weighted by molar-refractivity contribution is 7.22. The number of fused-ring (bicyclic) bond motifs is 4. The molecule has 0 amide bonds. The topological polar surface area (TPSA) is 85.2 Å². The number of methoxy groups -OCH3 is 1. The molecule has 8 heteroatoms. The van der Waals surface area contributed by atoms with Gasteiger partial charge in [-0.3, -0.25) is 0 Å². The summed E-state index contributed by atoms with van der Waals surface area (Å²) in [5.74, 6) is 2.02. The van der Waals surface area contributed by atoms with Gasteiger partial charge >= 0.3 is 0 Å². The van der Waals surface area contributed by atoms with Gasteiger partial charge in [-0.2, -0.15) is 0 Å². The summed E-state index contributed by atoms with van der Waals surface area (Å²) in [5, 5.41) is 13.7. The highest BCUT2D eigenvalue weighted by Crippen LogP contribution is 2.47. The zero-order valence-electron chi connectivity index (χ0n) is 16.4. The van der Waals surface area contributed by atoms with Crippen molar-refractivity contribution in [3.8, 4) is 22.1 Å². The first kappa shape index (κ1) is 18.2. The monoisotopic (exact) mass is 411 g/mol. The molecular weight excluding hydrogens is 390 g/mol. The molecule has 3 heterocycles. The first-order chi connectivity index (χ1) is 14.1. The van der Waals surface area contributed by atoms with Gasteiger partial charge in [-0.05, 0) is 43.2 Å². The molecule has 1 atom stereocenters. The van der Waals surface area contributed by atoms with Crippen molar-refractivity contribution in [3.63, 3.8) is 0 Å². The van der Waals surface area contributed by atoms with Crippen molar-refractivity contribution in [2.75, 3.05) is 32.2 Å². The smallest absolute Gasteiger partial charge is 0.208 e. The Morgan fingerprint density at radius 2 is 2.17 bits per heavy atom. The van der Waals surface area contributed by atoms with Gasteiger partial charge in [0.25, 0.3) is 0 Å². The van der Waals surface area contributed by atoms with E-state index < -0.39 is 0 Å². The van der Waals surface area contributed by atoms with Crippen molar-refractivity contribution in [3.05, 3.63) is 29.3 Å². The second-order valence-corrected chi connectivity index (χ2v) is 8.22. The predicted molar refractivity (Wildman–Crippen MR) is 114 cm³/mol. The van der Waals surface area contributed by atoms with Crippen LogP contribution < -0.4 is 14.8 Å². The Morgan fingerprint density at radius 3 is 2.97 bits per heavy atom. The molecule has 0 aliphatic carbocycles. The van der Waals surface area contributed by atoms with Gasteiger partial charge in [-0.1, -0.05) is 0 Å². The summed E-state index contributed by atoms with van der Waals surface area (Å²) < 4.78 is 18.1. The molecule has 5 rings (SSSR count). The fourth-order valence-electron chi connectivity index (χ4n) is 3.67. The number of ether oxygens (including phenoxy) is 3. The Hall–Kier alpha value is -2.84. The average molecular weight is 411 g/mol. The molecule has 0 radical (unpaired) electrons. The number of rotatable bonds is 2. The Labute approximate surface area is 172 Å². The maximum atomic E-state index is 9.39. The van der Waals surface area contributed by atoms with Crippen molar-refractivity contribution in [2.24, 2.45) is 4.99 Å². The molecule has 0 spiro atoms. The summed E-state index contributed by atoms with van der Waals surface area (Å²) in [5.41, 5.74) is 5.84. The second-order valence-electron chi connectivity index (χ2n) is 7.22. The molecule has 2 N–H and O–H groups in total. The third kappa shape index (κ3) is 2.99. The quantitative estimate of drug-likeness (QED) is 0.667. The highest BCUT2D eigenvalue weighted by atomic mass is 32.1. The Bertz CT molecular complexity index is 1150. The van der Waals surface area contributed by atoms with Gasteiger partial charge in [0.15, 0.2) is 17.6 Å². The highest BCUT2D eigenvalue weighted by Gasteiger charge is 2.27. The molecule has 1 aromatic heterocycles. The maximum Gasteiger partial charge on any atom is 0.208 e. The number of aliphatic hydroxyl groups is 1. The van der Waals surface area contributed by atoms with E-state index in [2.05, 4.69) is 16.4 Å². The van der Waals surface area contributed by atoms with E-state index in [1.807, 2.05) is 26.0 Å². The second kappa shape index (κ2) is 6.89. The first-order valence-electron chi connectivity index (χ1n) is 9.42. The van der Waals surface area contributed by atoms with Crippen LogP contribution in [-0.2, 0) is 4.74 Å². The third-order valence-corrected chi connectivity index (χ3v) is 6.17. The summed E-state index contributed by atoms with van der Waals surface area (Å²) in [7, 11) is 1.63. The summed E-state index contributed by atoms with van der Waals surface area (Å²) >= 11 is 1.58. The van der Waals surface area contributed by atoms with E-state index in [0.717, 1.165) is 43.3 Å². The lowest BCUT2D eigenvalue weighted by Crippen LogP contribution is -2.32. The van der Waals surface area contributed by atoms with E-state index in [4.69, 9.17) is 19.2 Å². The number of thiazole rings is 1. The largest absolute Gasteiger partial charge is 0.484 e. The Kier molecular flexibility index (Phi) is 4.33. The molecular formula is C21H21N3O4S. The van der Waals surface area contributed by atoms with Crippen LogP contribution in [0.5, 0.6) is 11.5 Å². The number of aromatic nitrogens is 1. The van der Waals surface area contributed by atoms with Gasteiger partial charge in [-0.15, -0.1) is 11.3 Å². The van der Waals surface area contributed by atoms with Gasteiger partial charge < -0.3 is 24.6 Å². The molecule has 29 heavy (non-hydrogen) atoms. The van der Waals surface area contributed by atoms with E-state index in [1.54, 1.807) is 18.4 Å². The van der Waals surface area contributed by atoms with Crippen molar-refractivity contribution in [1.29, 1.82) is 0 Å². The minimum Gasteiger partial charge on any atom is -0.484 e. The van der Waals surface area contributed by atoms with Gasteiger partial charge in [-0.25, -0.2) is 9.98 Å². The predicted octanol–water partition coefficient (Wildman–Crippen LogP) is 3.81. The van der Waals surface area contributed by atoms with Crippen LogP contribution in [0.3, 0.4) is 0 Å². The molecule has 3 aromatic rings. The van der Waals surface area contributed by atoms with E-state index >= 15 is 0 Å². The SMILES string of the molecule is COC1=Nc2cc(C)cc(-c3nc4c(C)cc5c(c4s3)OCC(CO)O5)c2NC1. The molecule has 0 fully saturated rings. The van der Waals surface area contributed by atoms with Crippen molar-refractivity contribution in [2.45, 2.75) is 20.0 Å². The van der Waals surface area contributed by atoms with Gasteiger partial charge in [0, 0.05) is 5.56 Å². The maximum absolute atomic E-state index is 9.39. The summed E-state index contributed by atoms with van der Waals surface area (Å²) in [6.07, 6.45) is -0.340. The molecule has 2 aliphatic heterocycles. The number of nitrogens with one attached hydrogen (secondary N) is 1. The standard InChI is InChI=1S/C21H21N3O4S/c1-10-4-13(18-14(5-10)23-16(26-3)7-22-18)21-24-17-11(2)6-15-19(20(17)29-21)27-9-12(8-25)28-15/h4-6,12,22,25H,7-9H2,1-3H3. The van der Waals surface area contributed by atoms with E-state index in [-0.39, 0.29) is 12.7 Å². The van der Waals surface area contributed by atoms with Crippen molar-refractivity contribution < 1.29 is 19.3 Å². The van der Waals surface area contributed by atoms with Crippen molar-refractivity contribution in [1.82, 2.24) is 4.98 Å². The van der Waals surface area contributed by atoms with Gasteiger partial charge in [0.2, 0.25) is 5.90 Å². The number of benzene rings is 2. The van der Waals surface area contributed by atoms with Crippen LogP contribution in [0.2, 0.25) is 0 Å². The zero-order chi connectivity index (χ0) is 20.1. The van der Waals surface area contributed by atoms with E-state index in [0.29, 0.717) is 30.5 Å². The summed E-state index contributed by atoms with van der Waals surface area (Å²) in [6.45, 7) is 4.85. The summed E-state index contributed by atoms with van der Waals surface area (Å²) in [4.78, 5) is 9.54. The van der Waals surface area contributed by atoms with Crippen LogP contribution in [0.25, 0.3) is 20.8 Å². The lowest BCUT2D eigenvalue weighted by atomic mass is 10.1. The fraction of sp³-hybridized carbons (Fsp3) is 0.333. The van der Waals surface area contributed by atoms with Crippen LogP contribution in [0.4, 0.5) is 11.4 Å². The lowest BCUT2D eigenvalue weighted by molar-refractivity contribution is 0.0468.